The largest absolute Gasteiger partial charge is 0.306 e. The van der Waals surface area contributed by atoms with Gasteiger partial charge in [-0.1, -0.05) is 66.5 Å². The van der Waals surface area contributed by atoms with Crippen molar-refractivity contribution in [3.8, 4) is 0 Å². The van der Waals surface area contributed by atoms with Gasteiger partial charge in [-0.25, -0.2) is 0 Å². The molecule has 0 heterocycles. The third kappa shape index (κ3) is 3.73. The highest BCUT2D eigenvalue weighted by atomic mass is 35.5. The minimum Gasteiger partial charge on any atom is -0.306 e. The van der Waals surface area contributed by atoms with Crippen molar-refractivity contribution in [3.05, 3.63) is 69.7 Å². The van der Waals surface area contributed by atoms with Crippen molar-refractivity contribution in [1.29, 1.82) is 0 Å². The van der Waals surface area contributed by atoms with Crippen molar-refractivity contribution in [2.24, 2.45) is 0 Å². The van der Waals surface area contributed by atoms with Crippen LogP contribution in [0.15, 0.2) is 48.5 Å². The second-order valence-corrected chi connectivity index (χ2v) is 5.29. The second-order valence-electron chi connectivity index (χ2n) is 4.47. The van der Waals surface area contributed by atoms with Gasteiger partial charge >= 0.3 is 0 Å². The molecule has 0 saturated carbocycles. The standard InChI is InChI=1S/C16H17Cl2N/c1-2-10-19-16(12-6-4-3-5-7-12)13-8-9-14(17)15(18)11-13/h3-9,11,16,19H,2,10H2,1H3. The van der Waals surface area contributed by atoms with Gasteiger partial charge < -0.3 is 5.32 Å². The predicted molar refractivity (Wildman–Crippen MR) is 83.0 cm³/mol. The van der Waals surface area contributed by atoms with Gasteiger partial charge in [-0.3, -0.25) is 0 Å². The summed E-state index contributed by atoms with van der Waals surface area (Å²) in [5, 5.41) is 4.73. The molecular weight excluding hydrogens is 277 g/mol. The highest BCUT2D eigenvalue weighted by Crippen LogP contribution is 2.28. The Morgan fingerprint density at radius 2 is 1.68 bits per heavy atom. The Morgan fingerprint density at radius 3 is 2.32 bits per heavy atom. The third-order valence-electron chi connectivity index (χ3n) is 3.01. The van der Waals surface area contributed by atoms with Crippen LogP contribution < -0.4 is 5.32 Å². The molecule has 2 aromatic carbocycles. The van der Waals surface area contributed by atoms with E-state index in [0.29, 0.717) is 10.0 Å². The molecule has 1 nitrogen and oxygen atoms in total. The van der Waals surface area contributed by atoms with Crippen LogP contribution >= 0.6 is 23.2 Å². The molecule has 0 radical (unpaired) electrons. The number of nitrogens with one attached hydrogen (secondary N) is 1. The zero-order chi connectivity index (χ0) is 13.7. The van der Waals surface area contributed by atoms with Gasteiger partial charge in [0.05, 0.1) is 16.1 Å². The third-order valence-corrected chi connectivity index (χ3v) is 3.75. The molecule has 0 fully saturated rings. The lowest BCUT2D eigenvalue weighted by Crippen LogP contribution is -2.23. The molecule has 0 aromatic heterocycles. The molecule has 0 spiro atoms. The highest BCUT2D eigenvalue weighted by molar-refractivity contribution is 6.42. The molecular formula is C16H17Cl2N. The normalized spacial score (nSPS) is 12.4. The Balaban J connectivity index is 2.34. The van der Waals surface area contributed by atoms with Crippen LogP contribution in [0.25, 0.3) is 0 Å². The molecule has 0 amide bonds. The van der Waals surface area contributed by atoms with E-state index >= 15 is 0 Å². The van der Waals surface area contributed by atoms with E-state index in [1.807, 2.05) is 36.4 Å². The van der Waals surface area contributed by atoms with Crippen molar-refractivity contribution in [2.75, 3.05) is 6.54 Å². The summed E-state index contributed by atoms with van der Waals surface area (Å²) in [4.78, 5) is 0. The van der Waals surface area contributed by atoms with Gasteiger partial charge in [-0.2, -0.15) is 0 Å². The molecule has 0 saturated heterocycles. The Kier molecular flexibility index (Phi) is 5.26. The van der Waals surface area contributed by atoms with Gasteiger partial charge in [0.25, 0.3) is 0 Å². The number of hydrogen-bond acceptors (Lipinski definition) is 1. The van der Waals surface area contributed by atoms with E-state index in [1.54, 1.807) is 0 Å². The Morgan fingerprint density at radius 1 is 0.947 bits per heavy atom. The van der Waals surface area contributed by atoms with Crippen LogP contribution in [-0.4, -0.2) is 6.54 Å². The molecule has 1 unspecified atom stereocenters. The van der Waals surface area contributed by atoms with Crippen LogP contribution in [0.2, 0.25) is 10.0 Å². The first-order valence-electron chi connectivity index (χ1n) is 6.45. The lowest BCUT2D eigenvalue weighted by Gasteiger charge is -2.20. The maximum absolute atomic E-state index is 6.12. The van der Waals surface area contributed by atoms with Crippen molar-refractivity contribution in [1.82, 2.24) is 5.32 Å². The number of rotatable bonds is 5. The van der Waals surface area contributed by atoms with E-state index in [9.17, 15) is 0 Å². The van der Waals surface area contributed by atoms with E-state index in [2.05, 4.69) is 24.4 Å². The lowest BCUT2D eigenvalue weighted by molar-refractivity contribution is 0.598. The van der Waals surface area contributed by atoms with Crippen molar-refractivity contribution >= 4 is 23.2 Å². The van der Waals surface area contributed by atoms with E-state index in [4.69, 9.17) is 23.2 Å². The summed E-state index contributed by atoms with van der Waals surface area (Å²) >= 11 is 12.1. The van der Waals surface area contributed by atoms with Gasteiger partial charge in [0.15, 0.2) is 0 Å². The summed E-state index contributed by atoms with van der Waals surface area (Å²) in [5.74, 6) is 0. The first-order valence-corrected chi connectivity index (χ1v) is 7.21. The molecule has 1 N–H and O–H groups in total. The van der Waals surface area contributed by atoms with Gasteiger partial charge in [-0.15, -0.1) is 0 Å². The fourth-order valence-electron chi connectivity index (χ4n) is 2.05. The maximum atomic E-state index is 6.12. The van der Waals surface area contributed by atoms with Gasteiger partial charge in [0, 0.05) is 0 Å². The molecule has 2 rings (SSSR count). The zero-order valence-electron chi connectivity index (χ0n) is 10.9. The zero-order valence-corrected chi connectivity index (χ0v) is 12.4. The quantitative estimate of drug-likeness (QED) is 0.810. The minimum atomic E-state index is 0.149. The predicted octanol–water partition coefficient (Wildman–Crippen LogP) is 5.08. The molecule has 0 aliphatic rings. The first-order chi connectivity index (χ1) is 9.22. The monoisotopic (exact) mass is 293 g/mol. The Labute approximate surface area is 124 Å². The van der Waals surface area contributed by atoms with Gasteiger partial charge in [0.2, 0.25) is 0 Å². The molecule has 0 bridgehead atoms. The van der Waals surface area contributed by atoms with Crippen LogP contribution in [0.3, 0.4) is 0 Å². The smallest absolute Gasteiger partial charge is 0.0595 e. The van der Waals surface area contributed by atoms with Crippen LogP contribution in [-0.2, 0) is 0 Å². The molecule has 0 aliphatic heterocycles. The van der Waals surface area contributed by atoms with Crippen molar-refractivity contribution in [2.45, 2.75) is 19.4 Å². The summed E-state index contributed by atoms with van der Waals surface area (Å²) in [6.07, 6.45) is 1.09. The van der Waals surface area contributed by atoms with Gasteiger partial charge in [0.1, 0.15) is 0 Å². The fourth-order valence-corrected chi connectivity index (χ4v) is 2.36. The average Bonchev–Trinajstić information content (AvgIpc) is 2.44. The summed E-state index contributed by atoms with van der Waals surface area (Å²) in [6, 6.07) is 16.3. The van der Waals surface area contributed by atoms with E-state index in [-0.39, 0.29) is 6.04 Å². The summed E-state index contributed by atoms with van der Waals surface area (Å²) < 4.78 is 0. The van der Waals surface area contributed by atoms with E-state index in [0.717, 1.165) is 18.5 Å². The maximum Gasteiger partial charge on any atom is 0.0595 e. The lowest BCUT2D eigenvalue weighted by atomic mass is 9.98. The SMILES string of the molecule is CCCNC(c1ccccc1)c1ccc(Cl)c(Cl)c1. The molecule has 2 aromatic rings. The van der Waals surface area contributed by atoms with Crippen LogP contribution in [0.5, 0.6) is 0 Å². The highest BCUT2D eigenvalue weighted by Gasteiger charge is 2.14. The minimum absolute atomic E-state index is 0.149. The molecule has 1 atom stereocenters. The topological polar surface area (TPSA) is 12.0 Å². The average molecular weight is 294 g/mol. The summed E-state index contributed by atoms with van der Waals surface area (Å²) in [7, 11) is 0. The molecule has 0 aliphatic carbocycles. The molecule has 3 heteroatoms. The van der Waals surface area contributed by atoms with Crippen LogP contribution in [0.1, 0.15) is 30.5 Å². The molecule has 100 valence electrons. The van der Waals surface area contributed by atoms with Crippen LogP contribution in [0.4, 0.5) is 0 Å². The summed E-state index contributed by atoms with van der Waals surface area (Å²) in [6.45, 7) is 3.11. The van der Waals surface area contributed by atoms with E-state index < -0.39 is 0 Å². The number of benzene rings is 2. The van der Waals surface area contributed by atoms with E-state index in [1.165, 1.54) is 5.56 Å². The second kappa shape index (κ2) is 6.95. The van der Waals surface area contributed by atoms with Gasteiger partial charge in [-0.05, 0) is 36.2 Å². The number of halogens is 2. The first kappa shape index (κ1) is 14.4. The van der Waals surface area contributed by atoms with Crippen molar-refractivity contribution in [3.63, 3.8) is 0 Å². The Bertz CT molecular complexity index is 526. The molecule has 19 heavy (non-hydrogen) atoms. The Hall–Kier alpha value is -1.02. The summed E-state index contributed by atoms with van der Waals surface area (Å²) in [5.41, 5.74) is 2.36. The van der Waals surface area contributed by atoms with Crippen LogP contribution in [0, 0.1) is 0 Å². The van der Waals surface area contributed by atoms with Crippen molar-refractivity contribution < 1.29 is 0 Å². The fraction of sp³-hybridized carbons (Fsp3) is 0.250. The number of hydrogen-bond donors (Lipinski definition) is 1.